The maximum atomic E-state index is 4.26. The number of hydrogen-bond acceptors (Lipinski definition) is 3. The largest absolute Gasteiger partial charge is 0.320 e. The summed E-state index contributed by atoms with van der Waals surface area (Å²) in [4.78, 5) is 2.57. The smallest absolute Gasteiger partial charge is 0.136 e. The van der Waals surface area contributed by atoms with E-state index in [1.807, 2.05) is 13.4 Å². The Morgan fingerprint density at radius 2 is 1.89 bits per heavy atom. The van der Waals surface area contributed by atoms with Gasteiger partial charge in [-0.3, -0.25) is 4.90 Å². The summed E-state index contributed by atoms with van der Waals surface area (Å²) in [5, 5.41) is 8.26. The molecule has 1 saturated heterocycles. The maximum absolute atomic E-state index is 4.26. The molecule has 2 aliphatic rings. The molecule has 1 saturated carbocycles. The summed E-state index contributed by atoms with van der Waals surface area (Å²) in [6.45, 7) is 3.49. The van der Waals surface area contributed by atoms with Gasteiger partial charge in [-0.05, 0) is 17.4 Å². The molecular formula is C15H18N4. The van der Waals surface area contributed by atoms with Crippen LogP contribution in [0.3, 0.4) is 0 Å². The van der Waals surface area contributed by atoms with Crippen molar-refractivity contribution in [3.8, 4) is 0 Å². The van der Waals surface area contributed by atoms with Gasteiger partial charge in [0, 0.05) is 32.6 Å². The molecule has 98 valence electrons. The number of aryl methyl sites for hydroxylation is 1. The molecule has 2 fully saturated rings. The molecule has 1 aliphatic heterocycles. The average molecular weight is 254 g/mol. The molecule has 2 aromatic rings. The van der Waals surface area contributed by atoms with Gasteiger partial charge in [-0.2, -0.15) is 0 Å². The minimum Gasteiger partial charge on any atom is -0.320 e. The Morgan fingerprint density at radius 1 is 1.16 bits per heavy atom. The molecule has 0 bridgehead atoms. The van der Waals surface area contributed by atoms with Crippen LogP contribution in [0.1, 0.15) is 17.3 Å². The SMILES string of the molecule is Cn1cnnc1C1C2CN(Cc3ccccc3)C[C@H]21. The summed E-state index contributed by atoms with van der Waals surface area (Å²) in [6.07, 6.45) is 1.81. The van der Waals surface area contributed by atoms with Gasteiger partial charge in [0.05, 0.1) is 0 Å². The van der Waals surface area contributed by atoms with E-state index in [-0.39, 0.29) is 0 Å². The number of nitrogens with zero attached hydrogens (tertiary/aromatic N) is 4. The number of fused-ring (bicyclic) bond motifs is 1. The fraction of sp³-hybridized carbons (Fsp3) is 0.467. The Balaban J connectivity index is 1.40. The number of likely N-dealkylation sites (tertiary alicyclic amines) is 1. The van der Waals surface area contributed by atoms with E-state index < -0.39 is 0 Å². The van der Waals surface area contributed by atoms with Crippen molar-refractivity contribution >= 4 is 0 Å². The van der Waals surface area contributed by atoms with Gasteiger partial charge in [-0.1, -0.05) is 30.3 Å². The van der Waals surface area contributed by atoms with E-state index in [2.05, 4.69) is 50.0 Å². The van der Waals surface area contributed by atoms with Crippen LogP contribution in [-0.2, 0) is 13.6 Å². The molecule has 4 nitrogen and oxygen atoms in total. The van der Waals surface area contributed by atoms with Crippen molar-refractivity contribution in [2.75, 3.05) is 13.1 Å². The first-order valence-corrected chi connectivity index (χ1v) is 6.93. The summed E-state index contributed by atoms with van der Waals surface area (Å²) >= 11 is 0. The van der Waals surface area contributed by atoms with Crippen molar-refractivity contribution in [3.05, 3.63) is 48.0 Å². The monoisotopic (exact) mass is 254 g/mol. The zero-order valence-corrected chi connectivity index (χ0v) is 11.1. The summed E-state index contributed by atoms with van der Waals surface area (Å²) in [6, 6.07) is 10.7. The standard InChI is InChI=1S/C15H18N4/c1-18-10-16-17-15(18)14-12-8-19(9-13(12)14)7-11-5-3-2-4-6-11/h2-6,10,12-14H,7-9H2,1H3/t12-,13?,14?/m1/s1. The summed E-state index contributed by atoms with van der Waals surface area (Å²) in [7, 11) is 2.05. The molecule has 1 aromatic heterocycles. The zero-order chi connectivity index (χ0) is 12.8. The average Bonchev–Trinajstić information content (AvgIpc) is 2.79. The van der Waals surface area contributed by atoms with Crippen LogP contribution >= 0.6 is 0 Å². The van der Waals surface area contributed by atoms with Gasteiger partial charge in [-0.15, -0.1) is 10.2 Å². The topological polar surface area (TPSA) is 34.0 Å². The highest BCUT2D eigenvalue weighted by molar-refractivity contribution is 5.21. The van der Waals surface area contributed by atoms with Crippen LogP contribution in [0.2, 0.25) is 0 Å². The van der Waals surface area contributed by atoms with E-state index in [4.69, 9.17) is 0 Å². The lowest BCUT2D eigenvalue weighted by Crippen LogP contribution is -2.24. The van der Waals surface area contributed by atoms with E-state index in [0.29, 0.717) is 5.92 Å². The number of rotatable bonds is 3. The first-order valence-electron chi connectivity index (χ1n) is 6.93. The second-order valence-corrected chi connectivity index (χ2v) is 5.83. The predicted octanol–water partition coefficient (Wildman–Crippen LogP) is 1.66. The number of hydrogen-bond donors (Lipinski definition) is 0. The molecule has 4 heteroatoms. The highest BCUT2D eigenvalue weighted by Gasteiger charge is 2.57. The summed E-state index contributed by atoms with van der Waals surface area (Å²) in [5.74, 6) is 3.42. The van der Waals surface area contributed by atoms with Crippen LogP contribution in [0.15, 0.2) is 36.7 Å². The molecule has 0 amide bonds. The van der Waals surface area contributed by atoms with Crippen molar-refractivity contribution in [1.82, 2.24) is 19.7 Å². The van der Waals surface area contributed by atoms with Crippen LogP contribution in [0, 0.1) is 11.8 Å². The number of aromatic nitrogens is 3. The van der Waals surface area contributed by atoms with Gasteiger partial charge in [-0.25, -0.2) is 0 Å². The van der Waals surface area contributed by atoms with Crippen molar-refractivity contribution in [3.63, 3.8) is 0 Å². The van der Waals surface area contributed by atoms with Crippen molar-refractivity contribution in [1.29, 1.82) is 0 Å². The second-order valence-electron chi connectivity index (χ2n) is 5.83. The summed E-state index contributed by atoms with van der Waals surface area (Å²) < 4.78 is 2.07. The Kier molecular flexibility index (Phi) is 2.45. The van der Waals surface area contributed by atoms with E-state index in [1.54, 1.807) is 0 Å². The maximum Gasteiger partial charge on any atom is 0.136 e. The molecule has 2 unspecified atom stereocenters. The highest BCUT2D eigenvalue weighted by atomic mass is 15.3. The quantitative estimate of drug-likeness (QED) is 0.835. The Morgan fingerprint density at radius 3 is 2.53 bits per heavy atom. The molecule has 0 spiro atoms. The van der Waals surface area contributed by atoms with Crippen LogP contribution in [0.4, 0.5) is 0 Å². The Labute approximate surface area is 113 Å². The molecular weight excluding hydrogens is 236 g/mol. The van der Waals surface area contributed by atoms with E-state index in [0.717, 1.165) is 18.4 Å². The van der Waals surface area contributed by atoms with Gasteiger partial charge in [0.25, 0.3) is 0 Å². The molecule has 0 radical (unpaired) electrons. The molecule has 3 atom stereocenters. The third kappa shape index (κ3) is 1.87. The van der Waals surface area contributed by atoms with Crippen molar-refractivity contribution in [2.45, 2.75) is 12.5 Å². The van der Waals surface area contributed by atoms with Gasteiger partial charge in [0.15, 0.2) is 0 Å². The predicted molar refractivity (Wildman–Crippen MR) is 72.4 cm³/mol. The Bertz CT molecular complexity index is 565. The van der Waals surface area contributed by atoms with Crippen molar-refractivity contribution < 1.29 is 0 Å². The molecule has 1 aromatic carbocycles. The molecule has 1 aliphatic carbocycles. The summed E-state index contributed by atoms with van der Waals surface area (Å²) in [5.41, 5.74) is 1.42. The van der Waals surface area contributed by atoms with Crippen LogP contribution in [0.25, 0.3) is 0 Å². The highest BCUT2D eigenvalue weighted by Crippen LogP contribution is 2.57. The number of benzene rings is 1. The fourth-order valence-electron chi connectivity index (χ4n) is 3.56. The van der Waals surface area contributed by atoms with E-state index in [1.165, 1.54) is 24.5 Å². The van der Waals surface area contributed by atoms with Crippen LogP contribution < -0.4 is 0 Å². The van der Waals surface area contributed by atoms with E-state index in [9.17, 15) is 0 Å². The zero-order valence-electron chi connectivity index (χ0n) is 11.1. The Hall–Kier alpha value is -1.68. The third-order valence-corrected chi connectivity index (χ3v) is 4.56. The second kappa shape index (κ2) is 4.17. The van der Waals surface area contributed by atoms with Crippen molar-refractivity contribution in [2.24, 2.45) is 18.9 Å². The van der Waals surface area contributed by atoms with Crippen LogP contribution in [0.5, 0.6) is 0 Å². The normalized spacial score (nSPS) is 29.4. The lowest BCUT2D eigenvalue weighted by Gasteiger charge is -2.19. The fourth-order valence-corrected chi connectivity index (χ4v) is 3.56. The van der Waals surface area contributed by atoms with Crippen LogP contribution in [-0.4, -0.2) is 32.8 Å². The van der Waals surface area contributed by atoms with Gasteiger partial charge < -0.3 is 4.57 Å². The molecule has 0 N–H and O–H groups in total. The van der Waals surface area contributed by atoms with Gasteiger partial charge in [0.1, 0.15) is 12.2 Å². The van der Waals surface area contributed by atoms with Gasteiger partial charge >= 0.3 is 0 Å². The first-order chi connectivity index (χ1) is 9.33. The number of piperidine rings is 1. The lowest BCUT2D eigenvalue weighted by molar-refractivity contribution is 0.288. The molecule has 19 heavy (non-hydrogen) atoms. The first kappa shape index (κ1) is 11.2. The molecule has 4 rings (SSSR count). The third-order valence-electron chi connectivity index (χ3n) is 4.56. The minimum absolute atomic E-state index is 0.652. The van der Waals surface area contributed by atoms with E-state index >= 15 is 0 Å². The van der Waals surface area contributed by atoms with Gasteiger partial charge in [0.2, 0.25) is 0 Å². The minimum atomic E-state index is 0.652. The lowest BCUT2D eigenvalue weighted by atomic mass is 10.2. The molecule has 2 heterocycles.